The molecule has 1 fully saturated rings. The second-order valence-corrected chi connectivity index (χ2v) is 6.64. The Morgan fingerprint density at radius 2 is 2.04 bits per heavy atom. The predicted molar refractivity (Wildman–Crippen MR) is 104 cm³/mol. The number of hydrogen-bond acceptors (Lipinski definition) is 4. The fraction of sp³-hybridized carbons (Fsp3) is 0.611. The second-order valence-electron chi connectivity index (χ2n) is 6.64. The first-order valence-corrected chi connectivity index (χ1v) is 8.61. The Kier molecular flexibility index (Phi) is 9.17. The van der Waals surface area contributed by atoms with Crippen molar-refractivity contribution < 1.29 is 9.53 Å². The molecule has 3 rings (SSSR count). The molecular formula is C18H29Cl2N3O2. The van der Waals surface area contributed by atoms with Crippen LogP contribution >= 0.6 is 24.8 Å². The number of amides is 1. The van der Waals surface area contributed by atoms with Crippen molar-refractivity contribution >= 4 is 30.7 Å². The van der Waals surface area contributed by atoms with Gasteiger partial charge in [-0.05, 0) is 37.3 Å². The summed E-state index contributed by atoms with van der Waals surface area (Å²) >= 11 is 0. The van der Waals surface area contributed by atoms with Gasteiger partial charge in [-0.1, -0.05) is 24.3 Å². The normalized spacial score (nSPS) is 23.8. The first-order valence-electron chi connectivity index (χ1n) is 8.61. The quantitative estimate of drug-likeness (QED) is 0.806. The molecule has 3 atom stereocenters. The van der Waals surface area contributed by atoms with Crippen LogP contribution in [0.2, 0.25) is 0 Å². The van der Waals surface area contributed by atoms with Gasteiger partial charge >= 0.3 is 0 Å². The van der Waals surface area contributed by atoms with Gasteiger partial charge < -0.3 is 15.8 Å². The van der Waals surface area contributed by atoms with E-state index in [4.69, 9.17) is 10.5 Å². The Morgan fingerprint density at radius 3 is 2.72 bits per heavy atom. The molecule has 0 aromatic heterocycles. The third-order valence-corrected chi connectivity index (χ3v) is 5.02. The van der Waals surface area contributed by atoms with Crippen molar-refractivity contribution in [1.82, 2.24) is 10.2 Å². The van der Waals surface area contributed by atoms with E-state index in [1.165, 1.54) is 11.1 Å². The summed E-state index contributed by atoms with van der Waals surface area (Å²) < 4.78 is 5.65. The number of benzene rings is 1. The van der Waals surface area contributed by atoms with Crippen molar-refractivity contribution in [2.24, 2.45) is 5.73 Å². The van der Waals surface area contributed by atoms with E-state index in [2.05, 4.69) is 41.4 Å². The molecule has 7 heteroatoms. The highest BCUT2D eigenvalue weighted by atomic mass is 35.5. The van der Waals surface area contributed by atoms with Crippen LogP contribution in [0.25, 0.3) is 0 Å². The maximum absolute atomic E-state index is 12.2. The van der Waals surface area contributed by atoms with Crippen LogP contribution in [0.4, 0.5) is 0 Å². The summed E-state index contributed by atoms with van der Waals surface area (Å²) in [6, 6.07) is 8.93. The highest BCUT2D eigenvalue weighted by Crippen LogP contribution is 2.21. The lowest BCUT2D eigenvalue weighted by Gasteiger charge is -2.34. The summed E-state index contributed by atoms with van der Waals surface area (Å²) in [6.45, 7) is 5.33. The fourth-order valence-electron chi connectivity index (χ4n) is 3.46. The van der Waals surface area contributed by atoms with Gasteiger partial charge in [0.2, 0.25) is 5.91 Å². The molecule has 1 unspecified atom stereocenters. The van der Waals surface area contributed by atoms with Crippen molar-refractivity contribution in [1.29, 1.82) is 0 Å². The monoisotopic (exact) mass is 389 g/mol. The summed E-state index contributed by atoms with van der Waals surface area (Å²) in [5.41, 5.74) is 8.45. The molecule has 1 amide bonds. The first kappa shape index (κ1) is 22.2. The zero-order valence-electron chi connectivity index (χ0n) is 14.6. The zero-order valence-corrected chi connectivity index (χ0v) is 16.3. The summed E-state index contributed by atoms with van der Waals surface area (Å²) in [4.78, 5) is 14.6. The van der Waals surface area contributed by atoms with Crippen LogP contribution in [0.3, 0.4) is 0 Å². The Balaban J connectivity index is 0.00000156. The van der Waals surface area contributed by atoms with Crippen LogP contribution in [-0.2, 0) is 22.5 Å². The lowest BCUT2D eigenvalue weighted by Crippen LogP contribution is -2.46. The molecule has 0 spiro atoms. The van der Waals surface area contributed by atoms with Gasteiger partial charge in [0.25, 0.3) is 0 Å². The molecular weight excluding hydrogens is 361 g/mol. The lowest BCUT2D eigenvalue weighted by molar-refractivity contribution is -0.132. The summed E-state index contributed by atoms with van der Waals surface area (Å²) in [7, 11) is 0. The zero-order chi connectivity index (χ0) is 16.2. The van der Waals surface area contributed by atoms with E-state index in [-0.39, 0.29) is 42.9 Å². The van der Waals surface area contributed by atoms with Crippen LogP contribution in [0, 0.1) is 0 Å². The number of hydrogen-bond donors (Lipinski definition) is 2. The highest BCUT2D eigenvalue weighted by Gasteiger charge is 2.30. The van der Waals surface area contributed by atoms with Gasteiger partial charge in [0.15, 0.2) is 0 Å². The van der Waals surface area contributed by atoms with E-state index in [0.29, 0.717) is 19.1 Å². The van der Waals surface area contributed by atoms with E-state index < -0.39 is 0 Å². The molecule has 1 aromatic carbocycles. The number of carbonyl (C=O) groups is 1. The van der Waals surface area contributed by atoms with Gasteiger partial charge in [-0.3, -0.25) is 9.69 Å². The van der Waals surface area contributed by atoms with E-state index in [1.807, 2.05) is 0 Å². The molecule has 0 radical (unpaired) electrons. The molecule has 1 aromatic rings. The van der Waals surface area contributed by atoms with Gasteiger partial charge in [0.1, 0.15) is 6.10 Å². The third kappa shape index (κ3) is 5.56. The second kappa shape index (κ2) is 10.3. The largest absolute Gasteiger partial charge is 0.364 e. The molecule has 0 aliphatic carbocycles. The number of rotatable bonds is 5. The van der Waals surface area contributed by atoms with Crippen molar-refractivity contribution in [3.8, 4) is 0 Å². The van der Waals surface area contributed by atoms with Crippen LogP contribution in [0.15, 0.2) is 24.3 Å². The molecule has 142 valence electrons. The summed E-state index contributed by atoms with van der Waals surface area (Å²) in [6.07, 6.45) is 2.46. The van der Waals surface area contributed by atoms with Crippen molar-refractivity contribution in [2.45, 2.75) is 51.0 Å². The Morgan fingerprint density at radius 1 is 1.32 bits per heavy atom. The van der Waals surface area contributed by atoms with Crippen molar-refractivity contribution in [3.63, 3.8) is 0 Å². The minimum atomic E-state index is -0.321. The Bertz CT molecular complexity index is 559. The molecule has 3 N–H and O–H groups in total. The van der Waals surface area contributed by atoms with Crippen molar-refractivity contribution in [2.75, 3.05) is 19.6 Å². The molecule has 0 bridgehead atoms. The van der Waals surface area contributed by atoms with Crippen LogP contribution in [0.1, 0.15) is 30.9 Å². The van der Waals surface area contributed by atoms with Gasteiger partial charge in [-0.15, -0.1) is 24.8 Å². The number of carbonyl (C=O) groups excluding carboxylic acids is 1. The lowest BCUT2D eigenvalue weighted by atomic mass is 9.99. The SMILES string of the molecule is CC(CNC(=O)[C@@H]1CC[C@H](CN)O1)N1CCc2ccccc2C1.Cl.Cl. The number of fused-ring (bicyclic) bond motifs is 1. The molecule has 5 nitrogen and oxygen atoms in total. The maximum Gasteiger partial charge on any atom is 0.249 e. The van der Waals surface area contributed by atoms with Gasteiger partial charge in [-0.25, -0.2) is 0 Å². The maximum atomic E-state index is 12.2. The Hall–Kier alpha value is -0.850. The van der Waals surface area contributed by atoms with E-state index in [0.717, 1.165) is 32.4 Å². The first-order chi connectivity index (χ1) is 11.2. The van der Waals surface area contributed by atoms with Gasteiger partial charge in [-0.2, -0.15) is 0 Å². The molecule has 1 saturated heterocycles. The van der Waals surface area contributed by atoms with E-state index in [9.17, 15) is 4.79 Å². The molecule has 2 aliphatic rings. The number of nitrogens with zero attached hydrogens (tertiary/aromatic N) is 1. The van der Waals surface area contributed by atoms with Crippen LogP contribution < -0.4 is 11.1 Å². The molecule has 2 heterocycles. The summed E-state index contributed by atoms with van der Waals surface area (Å²) in [5, 5.41) is 3.04. The van der Waals surface area contributed by atoms with Gasteiger partial charge in [0.05, 0.1) is 6.10 Å². The van der Waals surface area contributed by atoms with E-state index >= 15 is 0 Å². The third-order valence-electron chi connectivity index (χ3n) is 5.02. The topological polar surface area (TPSA) is 67.6 Å². The summed E-state index contributed by atoms with van der Waals surface area (Å²) in [5.74, 6) is 0.00482. The van der Waals surface area contributed by atoms with Crippen LogP contribution in [-0.4, -0.2) is 48.7 Å². The van der Waals surface area contributed by atoms with E-state index in [1.54, 1.807) is 0 Å². The number of ether oxygens (including phenoxy) is 1. The van der Waals surface area contributed by atoms with Gasteiger partial charge in [0, 0.05) is 32.2 Å². The number of nitrogens with two attached hydrogens (primary N) is 1. The molecule has 2 aliphatic heterocycles. The van der Waals surface area contributed by atoms with Crippen molar-refractivity contribution in [3.05, 3.63) is 35.4 Å². The van der Waals surface area contributed by atoms with Crippen LogP contribution in [0.5, 0.6) is 0 Å². The highest BCUT2D eigenvalue weighted by molar-refractivity contribution is 5.85. The minimum absolute atomic E-state index is 0. The minimum Gasteiger partial charge on any atom is -0.364 e. The molecule has 25 heavy (non-hydrogen) atoms. The fourth-order valence-corrected chi connectivity index (χ4v) is 3.46. The molecule has 0 saturated carbocycles. The number of nitrogens with one attached hydrogen (secondary N) is 1. The Labute approximate surface area is 162 Å². The smallest absolute Gasteiger partial charge is 0.249 e. The standard InChI is InChI=1S/C18H27N3O2.2ClH/c1-13(11-20-18(22)17-7-6-16(10-19)23-17)21-9-8-14-4-2-3-5-15(14)12-21;;/h2-5,13,16-17H,6-12,19H2,1H3,(H,20,22);2*1H/t13?,16-,17+;;/m1../s1. The predicted octanol–water partition coefficient (Wildman–Crippen LogP) is 1.90. The number of halogens is 2. The average Bonchev–Trinajstić information content (AvgIpc) is 3.08. The average molecular weight is 390 g/mol.